The molecule has 0 spiro atoms. The van der Waals surface area contributed by atoms with Crippen LogP contribution in [0.25, 0.3) is 0 Å². The van der Waals surface area contributed by atoms with Crippen molar-refractivity contribution in [3.05, 3.63) is 102 Å². The van der Waals surface area contributed by atoms with Gasteiger partial charge in [0.15, 0.2) is 0 Å². The number of carboxylic acid groups (broad SMARTS) is 1. The van der Waals surface area contributed by atoms with Gasteiger partial charge in [-0.15, -0.1) is 0 Å². The molecule has 4 rings (SSSR count). The molecule has 1 saturated heterocycles. The highest BCUT2D eigenvalue weighted by atomic mass is 16.5. The minimum Gasteiger partial charge on any atom is -0.465 e. The average molecular weight is 562 g/mol. The fraction of sp³-hybridized carbons (Fsp3) is 0.323. The molecular weight excluding hydrogens is 526 g/mol. The van der Waals surface area contributed by atoms with E-state index in [1.165, 1.54) is 12.0 Å². The van der Waals surface area contributed by atoms with Crippen molar-refractivity contribution in [1.29, 1.82) is 0 Å². The smallest absolute Gasteiger partial charge is 0.407 e. The van der Waals surface area contributed by atoms with Crippen LogP contribution in [0.4, 0.5) is 15.3 Å². The molecule has 4 N–H and O–H groups in total. The Balaban J connectivity index is 1.57. The molecule has 1 aliphatic heterocycles. The number of alkyl carbamates (subject to hydrolysis) is 1. The monoisotopic (exact) mass is 561 g/mol. The van der Waals surface area contributed by atoms with Gasteiger partial charge in [-0.25, -0.2) is 9.59 Å². The zero-order chi connectivity index (χ0) is 29.2. The van der Waals surface area contributed by atoms with Crippen molar-refractivity contribution in [3.63, 3.8) is 0 Å². The molecule has 216 valence electrons. The van der Waals surface area contributed by atoms with E-state index in [0.29, 0.717) is 18.5 Å². The Labute approximate surface area is 238 Å². The van der Waals surface area contributed by atoms with Gasteiger partial charge >= 0.3 is 12.2 Å². The SMILES string of the molecule is COC(=O)NC(C(=O)Nc1ccccc1CCC1CN(C(=O)O)C[C@@H](CO)O1)C(c1ccccc1)c1ccccc1. The second-order valence-corrected chi connectivity index (χ2v) is 9.85. The molecule has 3 atom stereocenters. The van der Waals surface area contributed by atoms with E-state index in [0.717, 1.165) is 16.7 Å². The van der Waals surface area contributed by atoms with Crippen molar-refractivity contribution >= 4 is 23.8 Å². The Kier molecular flexibility index (Phi) is 10.3. The number of carbonyl (C=O) groups excluding carboxylic acids is 2. The predicted molar refractivity (Wildman–Crippen MR) is 153 cm³/mol. The Morgan fingerprint density at radius 3 is 2.10 bits per heavy atom. The molecule has 41 heavy (non-hydrogen) atoms. The van der Waals surface area contributed by atoms with Gasteiger partial charge in [0.25, 0.3) is 0 Å². The number of hydrogen-bond acceptors (Lipinski definition) is 6. The van der Waals surface area contributed by atoms with E-state index < -0.39 is 42.3 Å². The number of nitrogens with one attached hydrogen (secondary N) is 2. The minimum absolute atomic E-state index is 0.119. The average Bonchev–Trinajstić information content (AvgIpc) is 3.01. The number of anilines is 1. The third-order valence-electron chi connectivity index (χ3n) is 7.11. The number of hydrogen-bond donors (Lipinski definition) is 4. The number of aryl methyl sites for hydroxylation is 1. The number of para-hydroxylation sites is 1. The summed E-state index contributed by atoms with van der Waals surface area (Å²) in [4.78, 5) is 39.1. The van der Waals surface area contributed by atoms with Crippen LogP contribution in [0.3, 0.4) is 0 Å². The third-order valence-corrected chi connectivity index (χ3v) is 7.11. The summed E-state index contributed by atoms with van der Waals surface area (Å²) >= 11 is 0. The number of rotatable bonds is 10. The van der Waals surface area contributed by atoms with E-state index >= 15 is 0 Å². The van der Waals surface area contributed by atoms with Gasteiger partial charge in [-0.2, -0.15) is 0 Å². The topological polar surface area (TPSA) is 137 Å². The van der Waals surface area contributed by atoms with Gasteiger partial charge in [0.1, 0.15) is 6.04 Å². The Hall–Kier alpha value is -4.41. The van der Waals surface area contributed by atoms with Crippen LogP contribution in [0.1, 0.15) is 29.0 Å². The van der Waals surface area contributed by atoms with Crippen LogP contribution in [0.5, 0.6) is 0 Å². The van der Waals surface area contributed by atoms with E-state index in [1.54, 1.807) is 12.1 Å². The van der Waals surface area contributed by atoms with Gasteiger partial charge in [-0.1, -0.05) is 78.9 Å². The van der Waals surface area contributed by atoms with Crippen molar-refractivity contribution in [2.24, 2.45) is 0 Å². The Morgan fingerprint density at radius 2 is 1.51 bits per heavy atom. The molecule has 10 nitrogen and oxygen atoms in total. The quantitative estimate of drug-likeness (QED) is 0.295. The Bertz CT molecular complexity index is 1270. The predicted octanol–water partition coefficient (Wildman–Crippen LogP) is 3.85. The number of ether oxygens (including phenoxy) is 2. The Morgan fingerprint density at radius 1 is 0.927 bits per heavy atom. The molecule has 3 aromatic carbocycles. The normalized spacial score (nSPS) is 17.5. The number of carbonyl (C=O) groups is 3. The fourth-order valence-corrected chi connectivity index (χ4v) is 5.11. The lowest BCUT2D eigenvalue weighted by Gasteiger charge is -2.36. The van der Waals surface area contributed by atoms with E-state index in [4.69, 9.17) is 9.47 Å². The fourth-order valence-electron chi connectivity index (χ4n) is 5.11. The third kappa shape index (κ3) is 7.84. The van der Waals surface area contributed by atoms with Crippen LogP contribution in [-0.4, -0.2) is 78.3 Å². The zero-order valence-corrected chi connectivity index (χ0v) is 22.8. The molecule has 0 radical (unpaired) electrons. The maximum absolute atomic E-state index is 13.9. The van der Waals surface area contributed by atoms with E-state index in [-0.39, 0.29) is 19.7 Å². The number of amides is 3. The van der Waals surface area contributed by atoms with E-state index in [2.05, 4.69) is 10.6 Å². The lowest BCUT2D eigenvalue weighted by atomic mass is 9.84. The van der Waals surface area contributed by atoms with E-state index in [1.807, 2.05) is 72.8 Å². The summed E-state index contributed by atoms with van der Waals surface area (Å²) < 4.78 is 10.7. The van der Waals surface area contributed by atoms with Crippen molar-refractivity contribution in [2.75, 3.05) is 32.1 Å². The summed E-state index contributed by atoms with van der Waals surface area (Å²) in [5.74, 6) is -0.927. The number of morpholine rings is 1. The summed E-state index contributed by atoms with van der Waals surface area (Å²) in [7, 11) is 1.25. The first-order valence-corrected chi connectivity index (χ1v) is 13.5. The van der Waals surface area contributed by atoms with Gasteiger partial charge in [0, 0.05) is 11.6 Å². The van der Waals surface area contributed by atoms with Crippen LogP contribution in [0, 0.1) is 0 Å². The highest BCUT2D eigenvalue weighted by Crippen LogP contribution is 2.30. The van der Waals surface area contributed by atoms with Crippen LogP contribution >= 0.6 is 0 Å². The molecule has 2 unspecified atom stereocenters. The standard InChI is InChI=1S/C31H35N3O7/c1-40-30(37)33-28(27(22-11-4-2-5-12-22)23-13-6-3-7-14-23)29(36)32-26-15-9-8-10-21(26)16-17-24-18-34(31(38)39)19-25(20-35)41-24/h2-15,24-25,27-28,35H,16-20H2,1H3,(H,32,36)(H,33,37)(H,38,39)/t24?,25-,28?/m0/s1. The largest absolute Gasteiger partial charge is 0.465 e. The van der Waals surface area contributed by atoms with Crippen LogP contribution in [0.15, 0.2) is 84.9 Å². The first-order valence-electron chi connectivity index (χ1n) is 13.5. The summed E-state index contributed by atoms with van der Waals surface area (Å²) in [6.45, 7) is 0.0420. The van der Waals surface area contributed by atoms with Crippen LogP contribution in [-0.2, 0) is 20.7 Å². The maximum Gasteiger partial charge on any atom is 0.407 e. The second-order valence-electron chi connectivity index (χ2n) is 9.85. The van der Waals surface area contributed by atoms with Gasteiger partial charge in [-0.05, 0) is 35.6 Å². The van der Waals surface area contributed by atoms with E-state index in [9.17, 15) is 24.6 Å². The van der Waals surface area contributed by atoms with Gasteiger partial charge in [0.05, 0.1) is 39.0 Å². The lowest BCUT2D eigenvalue weighted by molar-refractivity contribution is -0.118. The first-order chi connectivity index (χ1) is 19.9. The second kappa shape index (κ2) is 14.3. The summed E-state index contributed by atoms with van der Waals surface area (Å²) in [5, 5.41) is 24.7. The zero-order valence-electron chi connectivity index (χ0n) is 22.8. The van der Waals surface area contributed by atoms with Crippen molar-refractivity contribution in [1.82, 2.24) is 10.2 Å². The first kappa shape index (κ1) is 29.6. The maximum atomic E-state index is 13.9. The number of aliphatic hydroxyl groups excluding tert-OH is 1. The number of aliphatic hydroxyl groups is 1. The number of benzene rings is 3. The molecule has 1 heterocycles. The molecular formula is C31H35N3O7. The molecule has 3 amide bonds. The number of methoxy groups -OCH3 is 1. The van der Waals surface area contributed by atoms with Crippen LogP contribution < -0.4 is 10.6 Å². The molecule has 0 bridgehead atoms. The molecule has 1 aliphatic rings. The highest BCUT2D eigenvalue weighted by Gasteiger charge is 2.34. The van der Waals surface area contributed by atoms with Gasteiger partial charge < -0.3 is 35.2 Å². The van der Waals surface area contributed by atoms with Crippen molar-refractivity contribution < 1.29 is 34.1 Å². The minimum atomic E-state index is -1.06. The molecule has 0 aliphatic carbocycles. The molecule has 0 aromatic heterocycles. The molecule has 10 heteroatoms. The molecule has 1 fully saturated rings. The van der Waals surface area contributed by atoms with Gasteiger partial charge in [0.2, 0.25) is 5.91 Å². The van der Waals surface area contributed by atoms with Crippen LogP contribution in [0.2, 0.25) is 0 Å². The van der Waals surface area contributed by atoms with Crippen molar-refractivity contribution in [2.45, 2.75) is 37.0 Å². The summed E-state index contributed by atoms with van der Waals surface area (Å²) in [6.07, 6.45) is -1.81. The lowest BCUT2D eigenvalue weighted by Crippen LogP contribution is -2.50. The summed E-state index contributed by atoms with van der Waals surface area (Å²) in [6, 6.07) is 25.3. The number of nitrogens with zero attached hydrogens (tertiary/aromatic N) is 1. The van der Waals surface area contributed by atoms with Gasteiger partial charge in [-0.3, -0.25) is 4.79 Å². The molecule has 0 saturated carbocycles. The summed E-state index contributed by atoms with van der Waals surface area (Å²) in [5.41, 5.74) is 3.09. The molecule has 3 aromatic rings. The highest BCUT2D eigenvalue weighted by molar-refractivity contribution is 5.98. The van der Waals surface area contributed by atoms with Crippen molar-refractivity contribution in [3.8, 4) is 0 Å².